The number of nitrogens with zero attached hydrogens (tertiary/aromatic N) is 4. The lowest BCUT2D eigenvalue weighted by molar-refractivity contribution is 0.215. The van der Waals surface area contributed by atoms with Crippen LogP contribution in [0.25, 0.3) is 11.0 Å². The first-order valence-electron chi connectivity index (χ1n) is 9.36. The van der Waals surface area contributed by atoms with Crippen LogP contribution in [0.1, 0.15) is 19.4 Å². The summed E-state index contributed by atoms with van der Waals surface area (Å²) in [5.41, 5.74) is 5.04. The number of fused-ring (bicyclic) bond motifs is 1. The van der Waals surface area contributed by atoms with Gasteiger partial charge in [0.1, 0.15) is 24.1 Å². The second kappa shape index (κ2) is 8.16. The van der Waals surface area contributed by atoms with Gasteiger partial charge in [-0.3, -0.25) is 0 Å². The summed E-state index contributed by atoms with van der Waals surface area (Å²) in [5.74, 6) is -2.49. The van der Waals surface area contributed by atoms with E-state index in [0.717, 1.165) is 6.07 Å². The van der Waals surface area contributed by atoms with Crippen molar-refractivity contribution >= 4 is 51.1 Å². The number of rotatable bonds is 4. The van der Waals surface area contributed by atoms with Crippen molar-refractivity contribution in [1.82, 2.24) is 15.0 Å². The fourth-order valence-corrected chi connectivity index (χ4v) is 4.84. The summed E-state index contributed by atoms with van der Waals surface area (Å²) >= 11 is 7.22. The molecule has 0 fully saturated rings. The highest BCUT2D eigenvalue weighted by Gasteiger charge is 2.46. The molecule has 0 bridgehead atoms. The molecule has 0 saturated heterocycles. The minimum Gasteiger partial charge on any atom is -0.379 e. The molecule has 0 radical (unpaired) electrons. The first-order valence-corrected chi connectivity index (χ1v) is 10.6. The molecule has 162 valence electrons. The standard InChI is InChI=1S/C20H18ClF3N6S/c1-9-10(2)31-19(25)30-20(9,7-22)13-4-12(5-14(23)16(13)24)29-18-17-15(27-8-28-18)3-11(21)6-26-17/h3-6,8-10H,7H2,1-2H3,(H2,25,30)(H,27,28,29)/t9-,10?,20+/m1/s1. The minimum atomic E-state index is -1.64. The number of hydrogen-bond acceptors (Lipinski definition) is 7. The number of anilines is 2. The third kappa shape index (κ3) is 3.78. The van der Waals surface area contributed by atoms with E-state index in [2.05, 4.69) is 25.3 Å². The predicted octanol–water partition coefficient (Wildman–Crippen LogP) is 4.95. The van der Waals surface area contributed by atoms with Gasteiger partial charge in [-0.05, 0) is 12.1 Å². The first-order chi connectivity index (χ1) is 14.7. The van der Waals surface area contributed by atoms with Crippen molar-refractivity contribution in [3.8, 4) is 0 Å². The van der Waals surface area contributed by atoms with Crippen LogP contribution < -0.4 is 11.1 Å². The maximum Gasteiger partial charge on any atom is 0.164 e. The smallest absolute Gasteiger partial charge is 0.164 e. The van der Waals surface area contributed by atoms with Crippen molar-refractivity contribution < 1.29 is 13.2 Å². The van der Waals surface area contributed by atoms with E-state index in [1.165, 1.54) is 30.4 Å². The monoisotopic (exact) mass is 466 g/mol. The molecule has 0 aliphatic carbocycles. The zero-order valence-corrected chi connectivity index (χ0v) is 18.1. The maximum absolute atomic E-state index is 14.9. The fraction of sp³-hybridized carbons (Fsp3) is 0.300. The second-order valence-corrected chi connectivity index (χ2v) is 9.14. The van der Waals surface area contributed by atoms with Gasteiger partial charge in [-0.1, -0.05) is 37.2 Å². The van der Waals surface area contributed by atoms with E-state index >= 15 is 0 Å². The van der Waals surface area contributed by atoms with E-state index in [1.807, 2.05) is 6.92 Å². The number of pyridine rings is 1. The number of nitrogens with one attached hydrogen (secondary N) is 1. The molecule has 3 N–H and O–H groups in total. The topological polar surface area (TPSA) is 89.1 Å². The van der Waals surface area contributed by atoms with Crippen molar-refractivity contribution in [3.05, 3.63) is 52.9 Å². The molecule has 0 amide bonds. The average molecular weight is 467 g/mol. The molecule has 0 spiro atoms. The number of thioether (sulfide) groups is 1. The normalized spacial score (nSPS) is 23.6. The molecular formula is C20H18ClF3N6S. The van der Waals surface area contributed by atoms with Gasteiger partial charge in [0, 0.05) is 34.7 Å². The molecule has 3 heterocycles. The predicted molar refractivity (Wildman–Crippen MR) is 117 cm³/mol. The van der Waals surface area contributed by atoms with Crippen LogP contribution in [0.15, 0.2) is 35.7 Å². The largest absolute Gasteiger partial charge is 0.379 e. The zero-order valence-electron chi connectivity index (χ0n) is 16.5. The Morgan fingerprint density at radius 2 is 1.97 bits per heavy atom. The Kier molecular flexibility index (Phi) is 5.69. The molecular weight excluding hydrogens is 449 g/mol. The Morgan fingerprint density at radius 3 is 2.71 bits per heavy atom. The van der Waals surface area contributed by atoms with Gasteiger partial charge in [-0.15, -0.1) is 0 Å². The van der Waals surface area contributed by atoms with Crippen LogP contribution in [0.3, 0.4) is 0 Å². The summed E-state index contributed by atoms with van der Waals surface area (Å²) in [6.45, 7) is 2.56. The number of alkyl halides is 1. The van der Waals surface area contributed by atoms with Crippen LogP contribution in [-0.4, -0.2) is 32.0 Å². The van der Waals surface area contributed by atoms with E-state index in [-0.39, 0.29) is 27.5 Å². The fourth-order valence-electron chi connectivity index (χ4n) is 3.66. The number of benzene rings is 1. The molecule has 1 aliphatic heterocycles. The Balaban J connectivity index is 1.84. The second-order valence-electron chi connectivity index (χ2n) is 7.31. The number of aliphatic imine (C=N–C) groups is 1. The molecule has 2 aromatic heterocycles. The minimum absolute atomic E-state index is 0.129. The SMILES string of the molecule is CC1SC(N)=N[C@](CF)(c2cc(Nc3ncnc4cc(Cl)cnc34)cc(F)c2F)[C@@H]1C. The van der Waals surface area contributed by atoms with Gasteiger partial charge in [-0.25, -0.2) is 33.1 Å². The molecule has 4 rings (SSSR count). The number of hydrogen-bond donors (Lipinski definition) is 2. The van der Waals surface area contributed by atoms with E-state index in [1.54, 1.807) is 13.0 Å². The highest BCUT2D eigenvalue weighted by molar-refractivity contribution is 8.14. The highest BCUT2D eigenvalue weighted by atomic mass is 35.5. The van der Waals surface area contributed by atoms with Crippen molar-refractivity contribution in [1.29, 1.82) is 0 Å². The summed E-state index contributed by atoms with van der Waals surface area (Å²) in [6.07, 6.45) is 2.72. The average Bonchev–Trinajstić information content (AvgIpc) is 2.73. The van der Waals surface area contributed by atoms with Crippen LogP contribution in [0.4, 0.5) is 24.7 Å². The van der Waals surface area contributed by atoms with Crippen LogP contribution in [-0.2, 0) is 5.54 Å². The molecule has 1 aromatic carbocycles. The summed E-state index contributed by atoms with van der Waals surface area (Å²) in [6, 6.07) is 3.90. The molecule has 6 nitrogen and oxygen atoms in total. The first kappa shape index (κ1) is 21.6. The van der Waals surface area contributed by atoms with Gasteiger partial charge in [0.2, 0.25) is 0 Å². The maximum atomic E-state index is 14.9. The van der Waals surface area contributed by atoms with Crippen LogP contribution in [0, 0.1) is 17.6 Å². The van der Waals surface area contributed by atoms with E-state index in [9.17, 15) is 13.2 Å². The Hall–Kier alpha value is -2.59. The van der Waals surface area contributed by atoms with E-state index in [0.29, 0.717) is 16.1 Å². The van der Waals surface area contributed by atoms with Crippen molar-refractivity contribution in [2.45, 2.75) is 24.6 Å². The number of halogens is 4. The number of aromatic nitrogens is 3. The van der Waals surface area contributed by atoms with Gasteiger partial charge in [-0.2, -0.15) is 0 Å². The third-order valence-electron chi connectivity index (χ3n) is 5.48. The van der Waals surface area contributed by atoms with Crippen LogP contribution in [0.2, 0.25) is 5.02 Å². The lowest BCUT2D eigenvalue weighted by Gasteiger charge is -2.40. The van der Waals surface area contributed by atoms with Crippen molar-refractivity contribution in [2.75, 3.05) is 12.0 Å². The quantitative estimate of drug-likeness (QED) is 0.565. The van der Waals surface area contributed by atoms with Gasteiger partial charge in [0.15, 0.2) is 22.6 Å². The van der Waals surface area contributed by atoms with Crippen LogP contribution in [0.5, 0.6) is 0 Å². The van der Waals surface area contributed by atoms with Crippen LogP contribution >= 0.6 is 23.4 Å². The molecule has 11 heteroatoms. The van der Waals surface area contributed by atoms with Gasteiger partial charge < -0.3 is 11.1 Å². The summed E-state index contributed by atoms with van der Waals surface area (Å²) in [5, 5.41) is 3.30. The molecule has 1 aliphatic rings. The molecule has 3 atom stereocenters. The molecule has 1 unspecified atom stereocenters. The Labute approximate surface area is 185 Å². The van der Waals surface area contributed by atoms with Crippen molar-refractivity contribution in [2.24, 2.45) is 16.6 Å². The third-order valence-corrected chi connectivity index (χ3v) is 6.80. The van der Waals surface area contributed by atoms with Crippen molar-refractivity contribution in [3.63, 3.8) is 0 Å². The Morgan fingerprint density at radius 1 is 1.19 bits per heavy atom. The van der Waals surface area contributed by atoms with Gasteiger partial charge >= 0.3 is 0 Å². The summed E-state index contributed by atoms with van der Waals surface area (Å²) < 4.78 is 43.9. The molecule has 3 aromatic rings. The van der Waals surface area contributed by atoms with E-state index in [4.69, 9.17) is 17.3 Å². The Bertz CT molecular complexity index is 1190. The highest BCUT2D eigenvalue weighted by Crippen LogP contribution is 2.46. The number of amidine groups is 1. The molecule has 0 saturated carbocycles. The summed E-state index contributed by atoms with van der Waals surface area (Å²) in [4.78, 5) is 16.7. The van der Waals surface area contributed by atoms with Gasteiger partial charge in [0.25, 0.3) is 0 Å². The zero-order chi connectivity index (χ0) is 22.3. The number of nitrogens with two attached hydrogens (primary N) is 1. The lowest BCUT2D eigenvalue weighted by atomic mass is 9.78. The van der Waals surface area contributed by atoms with E-state index < -0.39 is 29.8 Å². The lowest BCUT2D eigenvalue weighted by Crippen LogP contribution is -2.45. The summed E-state index contributed by atoms with van der Waals surface area (Å²) in [7, 11) is 0. The molecule has 31 heavy (non-hydrogen) atoms. The van der Waals surface area contributed by atoms with Gasteiger partial charge in [0.05, 0.1) is 10.5 Å².